The van der Waals surface area contributed by atoms with Crippen LogP contribution in [0, 0.1) is 23.7 Å². The summed E-state index contributed by atoms with van der Waals surface area (Å²) in [6.45, 7) is 6.40. The maximum absolute atomic E-state index is 9.78. The first-order valence-electron chi connectivity index (χ1n) is 7.27. The van der Waals surface area contributed by atoms with E-state index in [2.05, 4.69) is 56.1 Å². The van der Waals surface area contributed by atoms with Crippen LogP contribution >= 0.6 is 0 Å². The fraction of sp³-hybridized carbons (Fsp3) is 0.588. The van der Waals surface area contributed by atoms with Gasteiger partial charge >= 0.3 is 0 Å². The molecule has 102 valence electrons. The predicted octanol–water partition coefficient (Wildman–Crippen LogP) is 3.72. The molecule has 1 unspecified atom stereocenters. The number of nitriles is 1. The molecule has 0 amide bonds. The first kappa shape index (κ1) is 14.1. The molecule has 1 aliphatic rings. The third-order valence-electron chi connectivity index (χ3n) is 4.66. The third kappa shape index (κ3) is 2.82. The molecule has 0 spiro atoms. The van der Waals surface area contributed by atoms with E-state index in [4.69, 9.17) is 0 Å². The number of piperidine rings is 1. The summed E-state index contributed by atoms with van der Waals surface area (Å²) in [7, 11) is 2.15. The Morgan fingerprint density at radius 3 is 2.32 bits per heavy atom. The topological polar surface area (TPSA) is 27.0 Å². The standard InChI is InChI=1S/C17H24N2/c1-4-16(15-7-5-14(2)6-8-15)17(13-18)9-11-19(3)12-10-17/h5-8,16H,4,9-12H2,1-3H3. The Labute approximate surface area is 117 Å². The van der Waals surface area contributed by atoms with Crippen LogP contribution < -0.4 is 0 Å². The van der Waals surface area contributed by atoms with E-state index in [0.29, 0.717) is 5.92 Å². The molecule has 1 heterocycles. The van der Waals surface area contributed by atoms with Crippen molar-refractivity contribution in [3.63, 3.8) is 0 Å². The molecule has 2 rings (SSSR count). The Morgan fingerprint density at radius 1 is 1.26 bits per heavy atom. The van der Waals surface area contributed by atoms with Crippen LogP contribution in [0.25, 0.3) is 0 Å². The van der Waals surface area contributed by atoms with E-state index >= 15 is 0 Å². The monoisotopic (exact) mass is 256 g/mol. The molecule has 0 bridgehead atoms. The van der Waals surface area contributed by atoms with Crippen molar-refractivity contribution in [3.05, 3.63) is 35.4 Å². The largest absolute Gasteiger partial charge is 0.306 e. The predicted molar refractivity (Wildman–Crippen MR) is 79.0 cm³/mol. The van der Waals surface area contributed by atoms with Crippen molar-refractivity contribution in [2.24, 2.45) is 5.41 Å². The van der Waals surface area contributed by atoms with Gasteiger partial charge in [-0.15, -0.1) is 0 Å². The van der Waals surface area contributed by atoms with Crippen LogP contribution in [-0.2, 0) is 0 Å². The average Bonchev–Trinajstić information content (AvgIpc) is 2.44. The van der Waals surface area contributed by atoms with Crippen LogP contribution in [0.15, 0.2) is 24.3 Å². The highest BCUT2D eigenvalue weighted by Crippen LogP contribution is 2.45. The lowest BCUT2D eigenvalue weighted by Crippen LogP contribution is -2.40. The molecule has 1 aromatic carbocycles. The van der Waals surface area contributed by atoms with E-state index in [0.717, 1.165) is 32.4 Å². The number of rotatable bonds is 3. The van der Waals surface area contributed by atoms with Gasteiger partial charge in [0.05, 0.1) is 11.5 Å². The van der Waals surface area contributed by atoms with Crippen LogP contribution in [0.1, 0.15) is 43.2 Å². The summed E-state index contributed by atoms with van der Waals surface area (Å²) in [5, 5.41) is 9.78. The number of likely N-dealkylation sites (tertiary alicyclic amines) is 1. The molecule has 2 heteroatoms. The number of benzene rings is 1. The van der Waals surface area contributed by atoms with E-state index in [1.165, 1.54) is 11.1 Å². The van der Waals surface area contributed by atoms with E-state index in [1.807, 2.05) is 0 Å². The SMILES string of the molecule is CCC(c1ccc(C)cc1)C1(C#N)CCN(C)CC1. The molecule has 1 fully saturated rings. The van der Waals surface area contributed by atoms with Gasteiger partial charge in [-0.2, -0.15) is 5.26 Å². The molecule has 0 aromatic heterocycles. The van der Waals surface area contributed by atoms with Crippen molar-refractivity contribution in [1.82, 2.24) is 4.90 Å². The van der Waals surface area contributed by atoms with Crippen molar-refractivity contribution < 1.29 is 0 Å². The summed E-state index contributed by atoms with van der Waals surface area (Å²) in [6, 6.07) is 11.4. The van der Waals surface area contributed by atoms with Crippen LogP contribution in [0.2, 0.25) is 0 Å². The zero-order valence-corrected chi connectivity index (χ0v) is 12.3. The van der Waals surface area contributed by atoms with Crippen molar-refractivity contribution in [3.8, 4) is 6.07 Å². The molecule has 0 aliphatic carbocycles. The molecular formula is C17H24N2. The van der Waals surface area contributed by atoms with Gasteiger partial charge in [0, 0.05) is 5.92 Å². The smallest absolute Gasteiger partial charge is 0.0697 e. The van der Waals surface area contributed by atoms with Gasteiger partial charge in [-0.1, -0.05) is 36.8 Å². The summed E-state index contributed by atoms with van der Waals surface area (Å²) in [5.41, 5.74) is 2.45. The van der Waals surface area contributed by atoms with Gasteiger partial charge in [-0.3, -0.25) is 0 Å². The van der Waals surface area contributed by atoms with E-state index in [1.54, 1.807) is 0 Å². The third-order valence-corrected chi connectivity index (χ3v) is 4.66. The molecule has 1 saturated heterocycles. The Balaban J connectivity index is 2.29. The zero-order valence-electron chi connectivity index (χ0n) is 12.3. The summed E-state index contributed by atoms with van der Waals surface area (Å²) < 4.78 is 0. The van der Waals surface area contributed by atoms with E-state index in [-0.39, 0.29) is 5.41 Å². The van der Waals surface area contributed by atoms with Crippen molar-refractivity contribution >= 4 is 0 Å². The molecule has 1 aliphatic heterocycles. The minimum atomic E-state index is -0.170. The fourth-order valence-corrected chi connectivity index (χ4v) is 3.30. The highest BCUT2D eigenvalue weighted by Gasteiger charge is 2.41. The molecule has 2 nitrogen and oxygen atoms in total. The van der Waals surface area contributed by atoms with Crippen molar-refractivity contribution in [2.75, 3.05) is 20.1 Å². The minimum Gasteiger partial charge on any atom is -0.306 e. The summed E-state index contributed by atoms with van der Waals surface area (Å²) in [6.07, 6.45) is 3.03. The molecule has 0 radical (unpaired) electrons. The Morgan fingerprint density at radius 2 is 1.84 bits per heavy atom. The van der Waals surface area contributed by atoms with Gasteiger partial charge in [-0.25, -0.2) is 0 Å². The van der Waals surface area contributed by atoms with Gasteiger partial charge < -0.3 is 4.90 Å². The van der Waals surface area contributed by atoms with Crippen LogP contribution in [0.3, 0.4) is 0 Å². The number of aryl methyl sites for hydroxylation is 1. The normalized spacial score (nSPS) is 20.7. The van der Waals surface area contributed by atoms with Crippen LogP contribution in [0.4, 0.5) is 0 Å². The molecule has 1 aromatic rings. The average molecular weight is 256 g/mol. The lowest BCUT2D eigenvalue weighted by atomic mass is 9.66. The van der Waals surface area contributed by atoms with Gasteiger partial charge in [0.2, 0.25) is 0 Å². The Bertz CT molecular complexity index is 447. The quantitative estimate of drug-likeness (QED) is 0.824. The second-order valence-electron chi connectivity index (χ2n) is 5.94. The van der Waals surface area contributed by atoms with Gasteiger partial charge in [0.15, 0.2) is 0 Å². The summed E-state index contributed by atoms with van der Waals surface area (Å²) >= 11 is 0. The lowest BCUT2D eigenvalue weighted by molar-refractivity contribution is 0.141. The molecular weight excluding hydrogens is 232 g/mol. The Hall–Kier alpha value is -1.33. The second-order valence-corrected chi connectivity index (χ2v) is 5.94. The highest BCUT2D eigenvalue weighted by atomic mass is 15.1. The zero-order chi connectivity index (χ0) is 13.9. The van der Waals surface area contributed by atoms with Crippen molar-refractivity contribution in [2.45, 2.75) is 39.0 Å². The Kier molecular flexibility index (Phi) is 4.27. The van der Waals surface area contributed by atoms with Crippen LogP contribution in [0.5, 0.6) is 0 Å². The maximum atomic E-state index is 9.78. The van der Waals surface area contributed by atoms with E-state index in [9.17, 15) is 5.26 Å². The maximum Gasteiger partial charge on any atom is 0.0697 e. The molecule has 0 saturated carbocycles. The molecule has 0 N–H and O–H groups in total. The lowest BCUT2D eigenvalue weighted by Gasteiger charge is -2.41. The first-order chi connectivity index (χ1) is 9.11. The van der Waals surface area contributed by atoms with Gasteiger partial charge in [0.25, 0.3) is 0 Å². The van der Waals surface area contributed by atoms with E-state index < -0.39 is 0 Å². The summed E-state index contributed by atoms with van der Waals surface area (Å²) in [5.74, 6) is 0.367. The fourth-order valence-electron chi connectivity index (χ4n) is 3.30. The van der Waals surface area contributed by atoms with Crippen LogP contribution in [-0.4, -0.2) is 25.0 Å². The molecule has 1 atom stereocenters. The van der Waals surface area contributed by atoms with Gasteiger partial charge in [-0.05, 0) is 51.9 Å². The number of hydrogen-bond acceptors (Lipinski definition) is 2. The second kappa shape index (κ2) is 5.75. The number of nitrogens with zero attached hydrogens (tertiary/aromatic N) is 2. The highest BCUT2D eigenvalue weighted by molar-refractivity contribution is 5.29. The molecule has 19 heavy (non-hydrogen) atoms. The van der Waals surface area contributed by atoms with Crippen molar-refractivity contribution in [1.29, 1.82) is 5.26 Å². The first-order valence-corrected chi connectivity index (χ1v) is 7.27. The summed E-state index contributed by atoms with van der Waals surface area (Å²) in [4.78, 5) is 2.33. The minimum absolute atomic E-state index is 0.170. The number of hydrogen-bond donors (Lipinski definition) is 0. The van der Waals surface area contributed by atoms with Gasteiger partial charge in [0.1, 0.15) is 0 Å².